The number of pyridine rings is 2. The quantitative estimate of drug-likeness (QED) is 0.189. The second kappa shape index (κ2) is 12.2. The summed E-state index contributed by atoms with van der Waals surface area (Å²) in [6.07, 6.45) is 5.50. The third kappa shape index (κ3) is 5.78. The number of benzene rings is 5. The predicted octanol–water partition coefficient (Wildman–Crippen LogP) is 10.6. The first-order chi connectivity index (χ1) is 23.2. The Morgan fingerprint density at radius 3 is 1.62 bits per heavy atom. The molecule has 0 amide bonds. The van der Waals surface area contributed by atoms with Crippen LogP contribution in [0.3, 0.4) is 0 Å². The molecule has 0 aliphatic carbocycles. The number of halogens is 1. The highest BCUT2D eigenvalue weighted by Crippen LogP contribution is 2.33. The van der Waals surface area contributed by atoms with E-state index in [-0.39, 0.29) is 5.82 Å². The highest BCUT2D eigenvalue weighted by molar-refractivity contribution is 5.94. The van der Waals surface area contributed by atoms with Crippen LogP contribution >= 0.6 is 0 Å². The Hall–Kier alpha value is -6.33. The largest absolute Gasteiger partial charge is 0.264 e. The number of rotatable bonds is 6. The summed E-state index contributed by atoms with van der Waals surface area (Å²) in [4.78, 5) is 18.9. The lowest BCUT2D eigenvalue weighted by molar-refractivity contribution is 0.628. The fraction of sp³-hybridized carbons (Fsp3) is 0. The fourth-order valence-corrected chi connectivity index (χ4v) is 5.86. The van der Waals surface area contributed by atoms with E-state index in [1.54, 1.807) is 18.3 Å². The lowest BCUT2D eigenvalue weighted by atomic mass is 9.98. The van der Waals surface area contributed by atoms with Gasteiger partial charge in [-0.1, -0.05) is 109 Å². The first-order valence-electron chi connectivity index (χ1n) is 15.4. The molecule has 222 valence electrons. The van der Waals surface area contributed by atoms with E-state index in [1.165, 1.54) is 12.1 Å². The van der Waals surface area contributed by atoms with Gasteiger partial charge in [0.25, 0.3) is 0 Å². The number of para-hydroxylation sites is 1. The van der Waals surface area contributed by atoms with Gasteiger partial charge in [-0.2, -0.15) is 0 Å². The van der Waals surface area contributed by atoms with Crippen molar-refractivity contribution in [1.82, 2.24) is 19.9 Å². The smallest absolute Gasteiger partial charge is 0.160 e. The third-order valence-corrected chi connectivity index (χ3v) is 8.36. The topological polar surface area (TPSA) is 51.6 Å². The van der Waals surface area contributed by atoms with E-state index in [0.717, 1.165) is 72.4 Å². The Morgan fingerprint density at radius 1 is 0.426 bits per heavy atom. The van der Waals surface area contributed by atoms with Crippen molar-refractivity contribution in [2.24, 2.45) is 0 Å². The Balaban J connectivity index is 1.19. The van der Waals surface area contributed by atoms with Crippen LogP contribution in [0.4, 0.5) is 4.39 Å². The average Bonchev–Trinajstić information content (AvgIpc) is 3.15. The lowest BCUT2D eigenvalue weighted by Gasteiger charge is -2.12. The van der Waals surface area contributed by atoms with Gasteiger partial charge in [-0.25, -0.2) is 14.4 Å². The summed E-state index contributed by atoms with van der Waals surface area (Å²) in [6, 6.07) is 47.8. The van der Waals surface area contributed by atoms with E-state index in [1.807, 2.05) is 67.0 Å². The van der Waals surface area contributed by atoms with Crippen molar-refractivity contribution in [2.75, 3.05) is 0 Å². The maximum Gasteiger partial charge on any atom is 0.160 e. The van der Waals surface area contributed by atoms with Crippen LogP contribution in [0.2, 0.25) is 0 Å². The molecule has 0 spiro atoms. The molecule has 0 radical (unpaired) electrons. The zero-order valence-electron chi connectivity index (χ0n) is 25.3. The lowest BCUT2D eigenvalue weighted by Crippen LogP contribution is -1.96. The van der Waals surface area contributed by atoms with Gasteiger partial charge in [0.1, 0.15) is 5.82 Å². The number of hydrogen-bond donors (Lipinski definition) is 0. The SMILES string of the molecule is Fc1ccc(-c2ccc(-c3nc(-c4ccc(-c5cccnc5)cc4)cc(-c4ccc(-c5ccnc6ccccc56)cc4)n3)cc2)cc1. The number of fused-ring (bicyclic) bond motifs is 1. The van der Waals surface area contributed by atoms with E-state index in [9.17, 15) is 4.39 Å². The van der Waals surface area contributed by atoms with Gasteiger partial charge in [-0.05, 0) is 69.8 Å². The van der Waals surface area contributed by atoms with Gasteiger partial charge in [0.05, 0.1) is 16.9 Å². The van der Waals surface area contributed by atoms with E-state index in [0.29, 0.717) is 5.82 Å². The molecule has 3 aromatic heterocycles. The summed E-state index contributed by atoms with van der Waals surface area (Å²) in [7, 11) is 0. The average molecular weight is 607 g/mol. The third-order valence-electron chi connectivity index (χ3n) is 8.36. The molecule has 0 N–H and O–H groups in total. The minimum atomic E-state index is -0.251. The Morgan fingerprint density at radius 2 is 0.979 bits per heavy atom. The first-order valence-corrected chi connectivity index (χ1v) is 15.4. The van der Waals surface area contributed by atoms with Crippen molar-refractivity contribution < 1.29 is 4.39 Å². The number of hydrogen-bond acceptors (Lipinski definition) is 4. The van der Waals surface area contributed by atoms with Crippen molar-refractivity contribution in [2.45, 2.75) is 0 Å². The molecule has 0 fully saturated rings. The van der Waals surface area contributed by atoms with Crippen molar-refractivity contribution in [3.05, 3.63) is 170 Å². The van der Waals surface area contributed by atoms with E-state index in [4.69, 9.17) is 9.97 Å². The summed E-state index contributed by atoms with van der Waals surface area (Å²) in [5.41, 5.74) is 11.9. The Labute approximate surface area is 271 Å². The van der Waals surface area contributed by atoms with E-state index < -0.39 is 0 Å². The van der Waals surface area contributed by atoms with Gasteiger partial charge >= 0.3 is 0 Å². The van der Waals surface area contributed by atoms with Gasteiger partial charge in [0, 0.05) is 40.7 Å². The molecular weight excluding hydrogens is 579 g/mol. The molecular formula is C42H27FN4. The molecule has 8 aromatic rings. The van der Waals surface area contributed by atoms with Crippen LogP contribution in [0.15, 0.2) is 164 Å². The van der Waals surface area contributed by atoms with Crippen LogP contribution in [-0.2, 0) is 0 Å². The highest BCUT2D eigenvalue weighted by Gasteiger charge is 2.13. The standard InChI is InChI=1S/C42H27FN4/c43-36-21-19-29(20-22-36)28-9-17-34(18-10-28)42-46-40(32-13-7-30(8-14-32)35-4-3-24-44-27-35)26-41(47-42)33-15-11-31(12-16-33)37-23-25-45-39-6-2-1-5-38(37)39/h1-27H. The van der Waals surface area contributed by atoms with Crippen molar-refractivity contribution in [1.29, 1.82) is 0 Å². The zero-order valence-corrected chi connectivity index (χ0v) is 25.3. The summed E-state index contributed by atoms with van der Waals surface area (Å²) in [5.74, 6) is 0.377. The van der Waals surface area contributed by atoms with Crippen molar-refractivity contribution >= 4 is 10.9 Å². The second-order valence-corrected chi connectivity index (χ2v) is 11.3. The molecule has 0 bridgehead atoms. The van der Waals surface area contributed by atoms with Crippen LogP contribution in [0, 0.1) is 5.82 Å². The van der Waals surface area contributed by atoms with Gasteiger partial charge in [0.2, 0.25) is 0 Å². The van der Waals surface area contributed by atoms with E-state index in [2.05, 4.69) is 76.7 Å². The highest BCUT2D eigenvalue weighted by atomic mass is 19.1. The maximum atomic E-state index is 13.5. The molecule has 3 heterocycles. The van der Waals surface area contributed by atoms with Gasteiger partial charge in [-0.3, -0.25) is 9.97 Å². The second-order valence-electron chi connectivity index (χ2n) is 11.3. The Kier molecular flexibility index (Phi) is 7.32. The molecule has 5 heteroatoms. The molecule has 0 aliphatic heterocycles. The van der Waals surface area contributed by atoms with Crippen LogP contribution in [0.1, 0.15) is 0 Å². The van der Waals surface area contributed by atoms with Crippen LogP contribution < -0.4 is 0 Å². The number of nitrogens with zero attached hydrogens (tertiary/aromatic N) is 4. The molecule has 0 atom stereocenters. The maximum absolute atomic E-state index is 13.5. The summed E-state index contributed by atoms with van der Waals surface area (Å²) < 4.78 is 13.5. The Bertz CT molecular complexity index is 2310. The first kappa shape index (κ1) is 28.2. The molecule has 0 unspecified atom stereocenters. The van der Waals surface area contributed by atoms with Crippen LogP contribution in [0.25, 0.3) is 78.2 Å². The van der Waals surface area contributed by atoms with Gasteiger partial charge in [-0.15, -0.1) is 0 Å². The molecule has 4 nitrogen and oxygen atoms in total. The molecule has 47 heavy (non-hydrogen) atoms. The van der Waals surface area contributed by atoms with E-state index >= 15 is 0 Å². The number of aromatic nitrogens is 4. The summed E-state index contributed by atoms with van der Waals surface area (Å²) >= 11 is 0. The fourth-order valence-electron chi connectivity index (χ4n) is 5.86. The zero-order chi connectivity index (χ0) is 31.6. The van der Waals surface area contributed by atoms with Crippen molar-refractivity contribution in [3.8, 4) is 67.3 Å². The van der Waals surface area contributed by atoms with Gasteiger partial charge in [0.15, 0.2) is 5.82 Å². The molecule has 5 aromatic carbocycles. The normalized spacial score (nSPS) is 11.1. The summed E-state index contributed by atoms with van der Waals surface area (Å²) in [5, 5.41) is 1.12. The molecule has 0 saturated heterocycles. The predicted molar refractivity (Wildman–Crippen MR) is 188 cm³/mol. The van der Waals surface area contributed by atoms with Crippen LogP contribution in [-0.4, -0.2) is 19.9 Å². The van der Waals surface area contributed by atoms with Crippen molar-refractivity contribution in [3.63, 3.8) is 0 Å². The molecule has 8 rings (SSSR count). The summed E-state index contributed by atoms with van der Waals surface area (Å²) in [6.45, 7) is 0. The molecule has 0 saturated carbocycles. The monoisotopic (exact) mass is 606 g/mol. The van der Waals surface area contributed by atoms with Crippen LogP contribution in [0.5, 0.6) is 0 Å². The minimum Gasteiger partial charge on any atom is -0.264 e. The van der Waals surface area contributed by atoms with Gasteiger partial charge < -0.3 is 0 Å². The molecule has 0 aliphatic rings. The minimum absolute atomic E-state index is 0.251.